The lowest BCUT2D eigenvalue weighted by atomic mass is 10.2. The highest BCUT2D eigenvalue weighted by molar-refractivity contribution is 7.84. The maximum absolute atomic E-state index is 12.6. The first kappa shape index (κ1) is 13.5. The first-order valence-corrected chi connectivity index (χ1v) is 7.62. The summed E-state index contributed by atoms with van der Waals surface area (Å²) in [5.74, 6) is -0.0898. The van der Waals surface area contributed by atoms with Crippen LogP contribution in [0.5, 0.6) is 5.75 Å². The summed E-state index contributed by atoms with van der Waals surface area (Å²) in [6.07, 6.45) is 1.36. The molecule has 2 N–H and O–H groups in total. The van der Waals surface area contributed by atoms with Gasteiger partial charge in [-0.3, -0.25) is 18.4 Å². The number of phenolic OH excluding ortho intramolecular Hbond substituents is 1. The number of carbonyl (C=O) groups excluding carboxylic acids is 1. The smallest absolute Gasteiger partial charge is 0.264 e. The SMILES string of the molecule is CS(=O)c1nc2c(c(=O)n1-c1ccc(O)cc1)CC(=O)N2. The zero-order chi connectivity index (χ0) is 15.1. The Labute approximate surface area is 121 Å². The highest BCUT2D eigenvalue weighted by Crippen LogP contribution is 2.21. The molecule has 1 aromatic carbocycles. The molecule has 7 nitrogen and oxygen atoms in total. The number of anilines is 1. The number of aromatic nitrogens is 2. The zero-order valence-corrected chi connectivity index (χ0v) is 11.8. The Morgan fingerprint density at radius 2 is 1.95 bits per heavy atom. The van der Waals surface area contributed by atoms with E-state index >= 15 is 0 Å². The zero-order valence-electron chi connectivity index (χ0n) is 11.0. The minimum absolute atomic E-state index is 0.0458. The third-order valence-electron chi connectivity index (χ3n) is 3.11. The second-order valence-corrected chi connectivity index (χ2v) is 5.83. The Morgan fingerprint density at radius 3 is 2.57 bits per heavy atom. The van der Waals surface area contributed by atoms with Crippen LogP contribution in [-0.2, 0) is 22.0 Å². The van der Waals surface area contributed by atoms with Crippen molar-refractivity contribution < 1.29 is 14.1 Å². The number of nitrogens with zero attached hydrogens (tertiary/aromatic N) is 2. The predicted octanol–water partition coefficient (Wildman–Crippen LogP) is 0.170. The highest BCUT2D eigenvalue weighted by atomic mass is 32.2. The van der Waals surface area contributed by atoms with E-state index in [0.717, 1.165) is 0 Å². The third kappa shape index (κ3) is 2.23. The Bertz CT molecular complexity index is 827. The first-order valence-electron chi connectivity index (χ1n) is 6.06. The van der Waals surface area contributed by atoms with Crippen LogP contribution >= 0.6 is 0 Å². The molecule has 1 unspecified atom stereocenters. The molecule has 21 heavy (non-hydrogen) atoms. The minimum Gasteiger partial charge on any atom is -0.508 e. The lowest BCUT2D eigenvalue weighted by molar-refractivity contribution is -0.115. The number of amides is 1. The average molecular weight is 305 g/mol. The van der Waals surface area contributed by atoms with Crippen LogP contribution in [0.2, 0.25) is 0 Å². The monoisotopic (exact) mass is 305 g/mol. The van der Waals surface area contributed by atoms with Crippen molar-refractivity contribution in [2.45, 2.75) is 11.6 Å². The van der Waals surface area contributed by atoms with Gasteiger partial charge in [-0.25, -0.2) is 4.98 Å². The number of rotatable bonds is 2. The van der Waals surface area contributed by atoms with E-state index in [2.05, 4.69) is 10.3 Å². The fourth-order valence-electron chi connectivity index (χ4n) is 2.16. The summed E-state index contributed by atoms with van der Waals surface area (Å²) in [7, 11) is -1.52. The van der Waals surface area contributed by atoms with Gasteiger partial charge in [0.05, 0.1) is 28.5 Å². The molecule has 0 spiro atoms. The van der Waals surface area contributed by atoms with Crippen LogP contribution in [0.25, 0.3) is 5.69 Å². The number of nitrogens with one attached hydrogen (secondary N) is 1. The second-order valence-electron chi connectivity index (χ2n) is 4.56. The van der Waals surface area contributed by atoms with Gasteiger partial charge in [-0.05, 0) is 24.3 Å². The van der Waals surface area contributed by atoms with Crippen molar-refractivity contribution in [1.29, 1.82) is 0 Å². The van der Waals surface area contributed by atoms with Crippen molar-refractivity contribution in [1.82, 2.24) is 9.55 Å². The molecule has 2 aromatic rings. The number of hydrogen-bond donors (Lipinski definition) is 2. The van der Waals surface area contributed by atoms with Crippen molar-refractivity contribution in [2.24, 2.45) is 0 Å². The van der Waals surface area contributed by atoms with E-state index < -0.39 is 16.4 Å². The Balaban J connectivity index is 2.31. The second kappa shape index (κ2) is 4.81. The Hall–Kier alpha value is -2.48. The normalized spacial score (nSPS) is 14.6. The molecule has 1 aliphatic heterocycles. The third-order valence-corrected chi connectivity index (χ3v) is 3.89. The molecule has 3 rings (SSSR count). The van der Waals surface area contributed by atoms with E-state index in [0.29, 0.717) is 5.69 Å². The Kier molecular flexibility index (Phi) is 3.09. The number of benzene rings is 1. The van der Waals surface area contributed by atoms with Gasteiger partial charge >= 0.3 is 0 Å². The summed E-state index contributed by atoms with van der Waals surface area (Å²) in [6.45, 7) is 0. The van der Waals surface area contributed by atoms with E-state index in [1.807, 2.05) is 0 Å². The fourth-order valence-corrected chi connectivity index (χ4v) is 2.82. The highest BCUT2D eigenvalue weighted by Gasteiger charge is 2.27. The van der Waals surface area contributed by atoms with Crippen molar-refractivity contribution in [3.8, 4) is 11.4 Å². The predicted molar refractivity (Wildman–Crippen MR) is 76.2 cm³/mol. The molecular formula is C13H11N3O4S. The van der Waals surface area contributed by atoms with Crippen molar-refractivity contribution in [3.05, 3.63) is 40.2 Å². The van der Waals surface area contributed by atoms with Crippen LogP contribution in [0.1, 0.15) is 5.56 Å². The maximum Gasteiger partial charge on any atom is 0.264 e. The average Bonchev–Trinajstić information content (AvgIpc) is 2.81. The van der Waals surface area contributed by atoms with Gasteiger partial charge in [0.1, 0.15) is 11.6 Å². The molecule has 1 atom stereocenters. The van der Waals surface area contributed by atoms with E-state index in [9.17, 15) is 18.9 Å². The van der Waals surface area contributed by atoms with Gasteiger partial charge in [-0.15, -0.1) is 0 Å². The summed E-state index contributed by atoms with van der Waals surface area (Å²) in [5.41, 5.74) is 0.245. The van der Waals surface area contributed by atoms with Crippen LogP contribution in [0, 0.1) is 0 Å². The number of carbonyl (C=O) groups is 1. The maximum atomic E-state index is 12.6. The molecule has 1 aromatic heterocycles. The van der Waals surface area contributed by atoms with Gasteiger partial charge in [0.15, 0.2) is 0 Å². The van der Waals surface area contributed by atoms with Crippen LogP contribution in [-0.4, -0.2) is 31.0 Å². The van der Waals surface area contributed by atoms with Crippen LogP contribution in [0.3, 0.4) is 0 Å². The van der Waals surface area contributed by atoms with Crippen LogP contribution < -0.4 is 10.9 Å². The summed E-state index contributed by atoms with van der Waals surface area (Å²) >= 11 is 0. The first-order chi connectivity index (χ1) is 9.97. The van der Waals surface area contributed by atoms with E-state index in [1.165, 1.54) is 35.1 Å². The Morgan fingerprint density at radius 1 is 1.29 bits per heavy atom. The molecule has 0 saturated carbocycles. The number of phenols is 1. The van der Waals surface area contributed by atoms with E-state index in [1.54, 1.807) is 0 Å². The largest absolute Gasteiger partial charge is 0.508 e. The molecule has 1 amide bonds. The fraction of sp³-hybridized carbons (Fsp3) is 0.154. The summed E-state index contributed by atoms with van der Waals surface area (Å²) in [5, 5.41) is 11.9. The lowest BCUT2D eigenvalue weighted by Crippen LogP contribution is -2.26. The summed E-state index contributed by atoms with van der Waals surface area (Å²) in [6, 6.07) is 5.87. The van der Waals surface area contributed by atoms with Crippen molar-refractivity contribution in [3.63, 3.8) is 0 Å². The number of hydrogen-bond acceptors (Lipinski definition) is 5. The molecule has 0 aliphatic carbocycles. The van der Waals surface area contributed by atoms with E-state index in [-0.39, 0.29) is 34.6 Å². The van der Waals surface area contributed by atoms with Gasteiger partial charge in [0.25, 0.3) is 5.56 Å². The molecule has 0 saturated heterocycles. The molecule has 0 bridgehead atoms. The van der Waals surface area contributed by atoms with Gasteiger partial charge in [-0.1, -0.05) is 0 Å². The number of aromatic hydroxyl groups is 1. The minimum atomic E-state index is -1.52. The summed E-state index contributed by atoms with van der Waals surface area (Å²) < 4.78 is 13.1. The van der Waals surface area contributed by atoms with E-state index in [4.69, 9.17) is 0 Å². The van der Waals surface area contributed by atoms with Gasteiger partial charge in [0.2, 0.25) is 11.1 Å². The topological polar surface area (TPSA) is 101 Å². The standard InChI is InChI=1S/C13H11N3O4S/c1-21(20)13-15-11-9(6-10(18)14-11)12(19)16(13)7-2-4-8(17)5-3-7/h2-5,17H,6H2,1H3,(H,14,18). The molecule has 8 heteroatoms. The van der Waals surface area contributed by atoms with Crippen molar-refractivity contribution in [2.75, 3.05) is 11.6 Å². The molecular weight excluding hydrogens is 294 g/mol. The molecule has 2 heterocycles. The quantitative estimate of drug-likeness (QED) is 0.770. The molecule has 108 valence electrons. The summed E-state index contributed by atoms with van der Waals surface area (Å²) in [4.78, 5) is 28.1. The molecule has 0 fully saturated rings. The van der Waals surface area contributed by atoms with Crippen LogP contribution in [0.4, 0.5) is 5.82 Å². The van der Waals surface area contributed by atoms with Gasteiger partial charge < -0.3 is 10.4 Å². The van der Waals surface area contributed by atoms with Crippen molar-refractivity contribution >= 4 is 22.5 Å². The molecule has 1 aliphatic rings. The van der Waals surface area contributed by atoms with Crippen LogP contribution in [0.15, 0.2) is 34.2 Å². The number of fused-ring (bicyclic) bond motifs is 1. The molecule has 0 radical (unpaired) electrons. The lowest BCUT2D eigenvalue weighted by Gasteiger charge is -2.12. The van der Waals surface area contributed by atoms with Gasteiger partial charge in [0, 0.05) is 6.26 Å². The van der Waals surface area contributed by atoms with Gasteiger partial charge in [-0.2, -0.15) is 0 Å².